The van der Waals surface area contributed by atoms with Gasteiger partial charge >= 0.3 is 0 Å². The molecule has 0 saturated carbocycles. The van der Waals surface area contributed by atoms with Gasteiger partial charge in [0, 0.05) is 0 Å². The van der Waals surface area contributed by atoms with Crippen molar-refractivity contribution in [1.29, 1.82) is 0 Å². The number of anilines is 1. The lowest BCUT2D eigenvalue weighted by Crippen LogP contribution is -2.54. The van der Waals surface area contributed by atoms with Crippen molar-refractivity contribution >= 4 is 46.9 Å². The van der Waals surface area contributed by atoms with Gasteiger partial charge in [-0.25, -0.2) is 9.29 Å². The molecule has 1 heterocycles. The number of nitrogens with zero attached hydrogens (tertiary/aromatic N) is 1. The van der Waals surface area contributed by atoms with E-state index in [1.807, 2.05) is 0 Å². The molecule has 9 heteroatoms. The monoisotopic (exact) mass is 475 g/mol. The maximum atomic E-state index is 14.2. The second kappa shape index (κ2) is 9.63. The quantitative estimate of drug-likeness (QED) is 0.334. The molecule has 2 amide bonds. The third kappa shape index (κ3) is 4.84. The molecule has 7 nitrogen and oxygen atoms in total. The summed E-state index contributed by atoms with van der Waals surface area (Å²) >= 11 is 5.08. The fraction of sp³-hybridized carbons (Fsp3) is 0.0400. The van der Waals surface area contributed by atoms with Crippen molar-refractivity contribution in [2.45, 2.75) is 6.61 Å². The number of benzene rings is 3. The first-order chi connectivity index (χ1) is 16.3. The summed E-state index contributed by atoms with van der Waals surface area (Å²) in [5.41, 5.74) is 0.981. The van der Waals surface area contributed by atoms with Crippen LogP contribution in [0.1, 0.15) is 21.5 Å². The average molecular weight is 475 g/mol. The largest absolute Gasteiger partial charge is 0.545 e. The van der Waals surface area contributed by atoms with Crippen molar-refractivity contribution in [3.8, 4) is 5.75 Å². The molecule has 0 aliphatic carbocycles. The number of thiocarbonyl (C=S) groups is 1. The summed E-state index contributed by atoms with van der Waals surface area (Å²) in [5, 5.41) is 13.2. The second-order valence-electron chi connectivity index (χ2n) is 7.25. The van der Waals surface area contributed by atoms with Crippen LogP contribution in [0.5, 0.6) is 5.75 Å². The predicted molar refractivity (Wildman–Crippen MR) is 124 cm³/mol. The van der Waals surface area contributed by atoms with Gasteiger partial charge in [-0.15, -0.1) is 0 Å². The van der Waals surface area contributed by atoms with E-state index in [0.717, 1.165) is 4.90 Å². The van der Waals surface area contributed by atoms with Crippen LogP contribution in [0.4, 0.5) is 10.1 Å². The third-order valence-corrected chi connectivity index (χ3v) is 5.24. The number of halogens is 1. The van der Waals surface area contributed by atoms with Gasteiger partial charge in [0.15, 0.2) is 5.11 Å². The molecule has 1 fully saturated rings. The van der Waals surface area contributed by atoms with E-state index in [1.54, 1.807) is 42.5 Å². The molecule has 4 rings (SSSR count). The lowest BCUT2D eigenvalue weighted by Gasteiger charge is -2.29. The van der Waals surface area contributed by atoms with Gasteiger partial charge in [0.25, 0.3) is 11.8 Å². The summed E-state index contributed by atoms with van der Waals surface area (Å²) in [4.78, 5) is 37.3. The summed E-state index contributed by atoms with van der Waals surface area (Å²) in [7, 11) is 0. The Morgan fingerprint density at radius 1 is 1.06 bits per heavy atom. The molecule has 0 radical (unpaired) electrons. The smallest absolute Gasteiger partial charge is 0.270 e. The number of nitrogens with one attached hydrogen (secondary N) is 1. The minimum absolute atomic E-state index is 0.0578. The highest BCUT2D eigenvalue weighted by Gasteiger charge is 2.35. The minimum Gasteiger partial charge on any atom is -0.545 e. The average Bonchev–Trinajstić information content (AvgIpc) is 2.82. The highest BCUT2D eigenvalue weighted by Crippen LogP contribution is 2.25. The van der Waals surface area contributed by atoms with Crippen LogP contribution in [0, 0.1) is 5.82 Å². The van der Waals surface area contributed by atoms with Crippen LogP contribution in [0.25, 0.3) is 6.08 Å². The Hall–Kier alpha value is -4.37. The van der Waals surface area contributed by atoms with Crippen molar-refractivity contribution in [3.63, 3.8) is 0 Å². The van der Waals surface area contributed by atoms with Crippen LogP contribution in [-0.4, -0.2) is 22.9 Å². The minimum atomic E-state index is -1.27. The number of hydrogen-bond donors (Lipinski definition) is 1. The highest BCUT2D eigenvalue weighted by atomic mass is 32.1. The van der Waals surface area contributed by atoms with Crippen LogP contribution in [0.3, 0.4) is 0 Å². The topological polar surface area (TPSA) is 98.8 Å². The number of amides is 2. The Balaban J connectivity index is 1.51. The van der Waals surface area contributed by atoms with Gasteiger partial charge < -0.3 is 14.6 Å². The Labute approximate surface area is 199 Å². The summed E-state index contributed by atoms with van der Waals surface area (Å²) in [6, 6.07) is 18.4. The van der Waals surface area contributed by atoms with Crippen molar-refractivity contribution < 1.29 is 28.6 Å². The zero-order valence-corrected chi connectivity index (χ0v) is 18.3. The van der Waals surface area contributed by atoms with Crippen molar-refractivity contribution in [3.05, 3.63) is 101 Å². The molecule has 0 unspecified atom stereocenters. The SMILES string of the molecule is O=C1NC(=S)N(c2ccccc2F)C(=O)/C1=C/c1ccc(OCc2cccc(C(=O)[O-])c2)cc1. The van der Waals surface area contributed by atoms with E-state index in [9.17, 15) is 23.9 Å². The van der Waals surface area contributed by atoms with Gasteiger partial charge in [-0.05, 0) is 65.3 Å². The first kappa shape index (κ1) is 22.8. The third-order valence-electron chi connectivity index (χ3n) is 4.95. The number of carbonyl (C=O) groups is 3. The maximum absolute atomic E-state index is 14.2. The molecule has 1 aliphatic heterocycles. The predicted octanol–water partition coefficient (Wildman–Crippen LogP) is 2.60. The molecule has 1 saturated heterocycles. The molecule has 1 N–H and O–H groups in total. The molecule has 170 valence electrons. The number of aromatic carboxylic acids is 1. The number of carboxylic acids is 1. The van der Waals surface area contributed by atoms with E-state index < -0.39 is 23.6 Å². The number of carboxylic acid groups (broad SMARTS) is 1. The fourth-order valence-corrected chi connectivity index (χ4v) is 3.56. The van der Waals surface area contributed by atoms with E-state index in [2.05, 4.69) is 5.32 Å². The first-order valence-electron chi connectivity index (χ1n) is 10.0. The Kier molecular flexibility index (Phi) is 6.46. The van der Waals surface area contributed by atoms with Crippen LogP contribution in [0.2, 0.25) is 0 Å². The zero-order valence-electron chi connectivity index (χ0n) is 17.5. The van der Waals surface area contributed by atoms with Crippen LogP contribution >= 0.6 is 12.2 Å². The second-order valence-corrected chi connectivity index (χ2v) is 7.64. The lowest BCUT2D eigenvalue weighted by atomic mass is 10.1. The Bertz CT molecular complexity index is 1340. The standard InChI is InChI=1S/C25H17FN2O5S/c26-20-6-1-2-7-21(20)28-23(30)19(22(29)27-25(28)34)13-15-8-10-18(11-9-15)33-14-16-4-3-5-17(12-16)24(31)32/h1-13H,14H2,(H,31,32)(H,27,29,34)/p-1/b19-13+. The molecule has 34 heavy (non-hydrogen) atoms. The molecule has 3 aromatic carbocycles. The normalized spacial score (nSPS) is 14.8. The molecule has 0 atom stereocenters. The number of carbonyl (C=O) groups excluding carboxylic acids is 3. The highest BCUT2D eigenvalue weighted by molar-refractivity contribution is 7.80. The van der Waals surface area contributed by atoms with Gasteiger partial charge in [0.05, 0.1) is 11.7 Å². The number of rotatable bonds is 6. The van der Waals surface area contributed by atoms with Crippen LogP contribution in [0.15, 0.2) is 78.4 Å². The van der Waals surface area contributed by atoms with Gasteiger partial charge in [-0.2, -0.15) is 0 Å². The molecule has 1 aliphatic rings. The number of hydrogen-bond acceptors (Lipinski definition) is 6. The van der Waals surface area contributed by atoms with Crippen molar-refractivity contribution in [2.75, 3.05) is 4.90 Å². The number of ether oxygens (including phenoxy) is 1. The summed E-state index contributed by atoms with van der Waals surface area (Å²) in [5.74, 6) is -2.85. The fourth-order valence-electron chi connectivity index (χ4n) is 3.29. The van der Waals surface area contributed by atoms with E-state index in [-0.39, 0.29) is 28.5 Å². The zero-order chi connectivity index (χ0) is 24.2. The van der Waals surface area contributed by atoms with Gasteiger partial charge in [-0.1, -0.05) is 42.5 Å². The van der Waals surface area contributed by atoms with E-state index in [4.69, 9.17) is 17.0 Å². The van der Waals surface area contributed by atoms with E-state index in [1.165, 1.54) is 36.4 Å². The van der Waals surface area contributed by atoms with Crippen LogP contribution in [-0.2, 0) is 16.2 Å². The summed E-state index contributed by atoms with van der Waals surface area (Å²) in [6.07, 6.45) is 1.38. The Morgan fingerprint density at radius 3 is 2.50 bits per heavy atom. The van der Waals surface area contributed by atoms with Gasteiger partial charge in [0.2, 0.25) is 0 Å². The maximum Gasteiger partial charge on any atom is 0.270 e. The first-order valence-corrected chi connectivity index (χ1v) is 10.4. The van der Waals surface area contributed by atoms with Crippen molar-refractivity contribution in [2.24, 2.45) is 0 Å². The lowest BCUT2D eigenvalue weighted by molar-refractivity contribution is -0.255. The molecular weight excluding hydrogens is 459 g/mol. The molecule has 0 spiro atoms. The van der Waals surface area contributed by atoms with Crippen LogP contribution < -0.4 is 20.1 Å². The van der Waals surface area contributed by atoms with Gasteiger partial charge in [-0.3, -0.25) is 14.9 Å². The summed E-state index contributed by atoms with van der Waals surface area (Å²) in [6.45, 7) is 0.136. The number of para-hydroxylation sites is 1. The summed E-state index contributed by atoms with van der Waals surface area (Å²) < 4.78 is 19.9. The molecular formula is C25H16FN2O5S-. The van der Waals surface area contributed by atoms with Crippen molar-refractivity contribution in [1.82, 2.24) is 5.32 Å². The molecule has 0 bridgehead atoms. The molecule has 0 aromatic heterocycles. The molecule has 3 aromatic rings. The van der Waals surface area contributed by atoms with E-state index >= 15 is 0 Å². The Morgan fingerprint density at radius 2 is 1.79 bits per heavy atom. The van der Waals surface area contributed by atoms with E-state index in [0.29, 0.717) is 16.9 Å². The van der Waals surface area contributed by atoms with Gasteiger partial charge in [0.1, 0.15) is 23.7 Å².